The first-order chi connectivity index (χ1) is 17.3. The van der Waals surface area contributed by atoms with Gasteiger partial charge in [0, 0.05) is 0 Å². The molecule has 0 atom stereocenters. The Morgan fingerprint density at radius 3 is 1.92 bits per heavy atom. The molecule has 0 amide bonds. The fourth-order valence-corrected chi connectivity index (χ4v) is 5.74. The quantitative estimate of drug-likeness (QED) is 0.121. The van der Waals surface area contributed by atoms with Crippen molar-refractivity contribution in [3.05, 3.63) is 29.5 Å². The first-order valence-corrected chi connectivity index (χ1v) is 15.0. The molecule has 0 unspecified atom stereocenters. The van der Waals surface area contributed by atoms with E-state index in [-0.39, 0.29) is 16.1 Å². The highest BCUT2D eigenvalue weighted by atomic mass is 32.2. The molecule has 0 fully saturated rings. The lowest BCUT2D eigenvalue weighted by molar-refractivity contribution is 0.0697. The minimum atomic E-state index is -4.49. The van der Waals surface area contributed by atoms with E-state index in [1.54, 1.807) is 6.07 Å². The van der Waals surface area contributed by atoms with Crippen molar-refractivity contribution in [1.29, 1.82) is 0 Å². The predicted molar refractivity (Wildman–Crippen MR) is 142 cm³/mol. The highest BCUT2D eigenvalue weighted by Crippen LogP contribution is 2.27. The Kier molecular flexibility index (Phi) is 10.8. The smallest absolute Gasteiger partial charge is 0.335 e. The Balaban J connectivity index is 1.41. The fourth-order valence-electron chi connectivity index (χ4n) is 4.91. The van der Waals surface area contributed by atoms with Gasteiger partial charge in [0.05, 0.1) is 22.3 Å². The van der Waals surface area contributed by atoms with Gasteiger partial charge in [0.1, 0.15) is 0 Å². The third-order valence-corrected chi connectivity index (χ3v) is 7.86. The largest absolute Gasteiger partial charge is 0.478 e. The number of nitrogens with one attached hydrogen (secondary N) is 1. The van der Waals surface area contributed by atoms with Crippen molar-refractivity contribution in [3.63, 3.8) is 0 Å². The highest BCUT2D eigenvalue weighted by Gasteiger charge is 2.25. The monoisotopic (exact) mass is 519 g/mol. The maximum absolute atomic E-state index is 12.1. The Hall–Kier alpha value is -2.39. The first-order valence-electron chi connectivity index (χ1n) is 13.6. The van der Waals surface area contributed by atoms with Crippen LogP contribution in [0.15, 0.2) is 23.1 Å². The summed E-state index contributed by atoms with van der Waals surface area (Å²) in [6.07, 6.45) is 19.3. The number of imidazole rings is 1. The molecule has 3 N–H and O–H groups in total. The molecule has 0 radical (unpaired) electrons. The third-order valence-electron chi connectivity index (χ3n) is 6.91. The Labute approximate surface area is 214 Å². The van der Waals surface area contributed by atoms with Gasteiger partial charge in [0.15, 0.2) is 10.5 Å². The zero-order valence-electron chi connectivity index (χ0n) is 21.5. The second-order valence-electron chi connectivity index (χ2n) is 9.87. The molecule has 200 valence electrons. The van der Waals surface area contributed by atoms with Gasteiger partial charge in [-0.3, -0.25) is 9.65 Å². The number of H-pyrrole nitrogens is 1. The average Bonchev–Trinajstić information content (AvgIpc) is 3.36. The summed E-state index contributed by atoms with van der Waals surface area (Å²) in [6, 6.07) is 4.42. The predicted octanol–water partition coefficient (Wildman–Crippen LogP) is 7.17. The van der Waals surface area contributed by atoms with E-state index >= 15 is 0 Å². The van der Waals surface area contributed by atoms with Crippen LogP contribution in [-0.4, -0.2) is 38.6 Å². The number of rotatable bonds is 18. The molecule has 3 rings (SSSR count). The molecule has 0 bridgehead atoms. The average molecular weight is 520 g/mol. The molecule has 1 aromatic carbocycles. The van der Waals surface area contributed by atoms with Crippen LogP contribution in [0.25, 0.3) is 16.7 Å². The minimum Gasteiger partial charge on any atom is -0.478 e. The number of unbranched alkanes of at least 4 members (excludes halogenated alkanes) is 14. The number of carboxylic acids is 1. The van der Waals surface area contributed by atoms with Gasteiger partial charge < -0.3 is 5.11 Å². The molecule has 0 saturated heterocycles. The Morgan fingerprint density at radius 1 is 0.889 bits per heavy atom. The summed E-state index contributed by atoms with van der Waals surface area (Å²) < 4.78 is 35.6. The molecule has 3 aromatic rings. The number of nitrogens with zero attached hydrogens (tertiary/aromatic N) is 2. The van der Waals surface area contributed by atoms with Crippen LogP contribution in [-0.2, 0) is 16.5 Å². The molecule has 0 saturated carbocycles. The fraction of sp³-hybridized carbons (Fsp3) is 0.630. The third kappa shape index (κ3) is 7.80. The number of aryl methyl sites for hydroxylation is 1. The van der Waals surface area contributed by atoms with E-state index in [1.807, 2.05) is 0 Å². The summed E-state index contributed by atoms with van der Waals surface area (Å²) in [6.45, 7) is 2.25. The second kappa shape index (κ2) is 13.8. The highest BCUT2D eigenvalue weighted by molar-refractivity contribution is 7.86. The lowest BCUT2D eigenvalue weighted by atomic mass is 10.0. The Bertz CT molecular complexity index is 1230. The van der Waals surface area contributed by atoms with Crippen LogP contribution in [0.4, 0.5) is 0 Å². The summed E-state index contributed by atoms with van der Waals surface area (Å²) in [7, 11) is -4.49. The van der Waals surface area contributed by atoms with Crippen molar-refractivity contribution < 1.29 is 22.9 Å². The summed E-state index contributed by atoms with van der Waals surface area (Å²) in [5.41, 5.74) is 1.49. The van der Waals surface area contributed by atoms with Crippen LogP contribution in [0, 0.1) is 0 Å². The van der Waals surface area contributed by atoms with Crippen LogP contribution >= 0.6 is 0 Å². The molecule has 0 aliphatic rings. The molecule has 0 aliphatic carbocycles. The van der Waals surface area contributed by atoms with Crippen molar-refractivity contribution in [2.45, 2.75) is 115 Å². The summed E-state index contributed by atoms with van der Waals surface area (Å²) in [5, 5.41) is 12.2. The van der Waals surface area contributed by atoms with Gasteiger partial charge in [-0.05, 0) is 31.0 Å². The van der Waals surface area contributed by atoms with Gasteiger partial charge in [-0.15, -0.1) is 0 Å². The van der Waals surface area contributed by atoms with Crippen molar-refractivity contribution in [1.82, 2.24) is 14.6 Å². The van der Waals surface area contributed by atoms with Crippen LogP contribution in [0.3, 0.4) is 0 Å². The molecule has 0 aliphatic heterocycles. The number of fused-ring (bicyclic) bond motifs is 3. The number of aromatic nitrogens is 3. The maximum atomic E-state index is 12.1. The molecule has 8 nitrogen and oxygen atoms in total. The number of hydrogen-bond acceptors (Lipinski definition) is 4. The summed E-state index contributed by atoms with van der Waals surface area (Å²) in [4.78, 5) is 15.3. The van der Waals surface area contributed by atoms with E-state index < -0.39 is 16.1 Å². The minimum absolute atomic E-state index is 0.0645. The number of benzene rings is 1. The Morgan fingerprint density at radius 2 is 1.42 bits per heavy atom. The zero-order valence-corrected chi connectivity index (χ0v) is 22.3. The maximum Gasteiger partial charge on any atom is 0.335 e. The second-order valence-corrected chi connectivity index (χ2v) is 11.2. The summed E-state index contributed by atoms with van der Waals surface area (Å²) >= 11 is 0. The number of aromatic carboxylic acids is 1. The van der Waals surface area contributed by atoms with Crippen molar-refractivity contribution in [3.8, 4) is 0 Å². The van der Waals surface area contributed by atoms with E-state index in [0.717, 1.165) is 19.3 Å². The zero-order chi connectivity index (χ0) is 26.0. The van der Waals surface area contributed by atoms with Gasteiger partial charge in [-0.1, -0.05) is 96.8 Å². The normalized spacial score (nSPS) is 12.2. The molecule has 0 spiro atoms. The molecule has 2 heterocycles. The number of carbonyl (C=O) groups is 1. The molecule has 2 aromatic heterocycles. The SMILES string of the molecule is CCCCCCCCCCCCCCCCCc1[nH]n2c(nc3cc(C(=O)O)ccc32)c1S(=O)(=O)O. The van der Waals surface area contributed by atoms with Crippen LogP contribution < -0.4 is 0 Å². The number of hydrogen-bond donors (Lipinski definition) is 3. The van der Waals surface area contributed by atoms with Crippen LogP contribution in [0.1, 0.15) is 119 Å². The standard InChI is InChI=1S/C27H41N3O5S/c1-2-3-4-5-6-7-8-9-10-11-12-13-14-15-16-17-22-25(36(33,34)35)26-28-23-20-21(27(31)32)18-19-24(23)30(26)29-22/h18-20,29H,2-17H2,1H3,(H,31,32)(H,33,34,35). The van der Waals surface area contributed by atoms with Crippen molar-refractivity contribution in [2.75, 3.05) is 0 Å². The van der Waals surface area contributed by atoms with Gasteiger partial charge in [-0.25, -0.2) is 14.3 Å². The lowest BCUT2D eigenvalue weighted by Crippen LogP contribution is -2.02. The lowest BCUT2D eigenvalue weighted by Gasteiger charge is -2.04. The number of aromatic amines is 1. The van der Waals surface area contributed by atoms with Gasteiger partial charge in [0.2, 0.25) is 0 Å². The molecular weight excluding hydrogens is 478 g/mol. The molecular formula is C27H41N3O5S. The molecule has 9 heteroatoms. The van der Waals surface area contributed by atoms with Gasteiger partial charge >= 0.3 is 5.97 Å². The topological polar surface area (TPSA) is 125 Å². The van der Waals surface area contributed by atoms with E-state index in [9.17, 15) is 22.9 Å². The van der Waals surface area contributed by atoms with Crippen molar-refractivity contribution >= 4 is 32.8 Å². The van der Waals surface area contributed by atoms with Crippen molar-refractivity contribution in [2.24, 2.45) is 0 Å². The van der Waals surface area contributed by atoms with E-state index in [2.05, 4.69) is 17.0 Å². The van der Waals surface area contributed by atoms with Crippen LogP contribution in [0.2, 0.25) is 0 Å². The van der Waals surface area contributed by atoms with Gasteiger partial charge in [-0.2, -0.15) is 8.42 Å². The molecule has 36 heavy (non-hydrogen) atoms. The van der Waals surface area contributed by atoms with Gasteiger partial charge in [0.25, 0.3) is 10.1 Å². The van der Waals surface area contributed by atoms with E-state index in [0.29, 0.717) is 23.1 Å². The first kappa shape index (κ1) is 28.2. The number of carboxylic acid groups (broad SMARTS) is 1. The van der Waals surface area contributed by atoms with E-state index in [4.69, 9.17) is 0 Å². The summed E-state index contributed by atoms with van der Waals surface area (Å²) in [5.74, 6) is -1.09. The van der Waals surface area contributed by atoms with E-state index in [1.165, 1.54) is 93.7 Å². The van der Waals surface area contributed by atoms with Crippen LogP contribution in [0.5, 0.6) is 0 Å².